The minimum Gasteiger partial charge on any atom is -0.445 e. The first kappa shape index (κ1) is 24.7. The van der Waals surface area contributed by atoms with Crippen molar-refractivity contribution in [2.45, 2.75) is 29.2 Å². The second-order valence-corrected chi connectivity index (χ2v) is 10.3. The number of carbonyl (C=O) groups is 2. The third kappa shape index (κ3) is 6.83. The van der Waals surface area contributed by atoms with Crippen molar-refractivity contribution in [2.75, 3.05) is 12.3 Å². The van der Waals surface area contributed by atoms with Gasteiger partial charge in [-0.3, -0.25) is 19.9 Å². The van der Waals surface area contributed by atoms with Crippen LogP contribution in [0.2, 0.25) is 0 Å². The van der Waals surface area contributed by atoms with E-state index in [9.17, 15) is 19.7 Å². The van der Waals surface area contributed by atoms with E-state index in [0.29, 0.717) is 29.8 Å². The number of nitrogens with zero attached hydrogens (tertiary/aromatic N) is 3. The van der Waals surface area contributed by atoms with Gasteiger partial charge in [-0.1, -0.05) is 42.1 Å². The number of hydrogen-bond acceptors (Lipinski definition) is 8. The Balaban J connectivity index is 1.40. The minimum atomic E-state index is -0.473. The molecule has 35 heavy (non-hydrogen) atoms. The molecule has 10 heteroatoms. The second kappa shape index (κ2) is 11.9. The number of carbonyl (C=O) groups excluding carboxylic acids is 2. The molecule has 0 spiro atoms. The Kier molecular flexibility index (Phi) is 8.38. The van der Waals surface area contributed by atoms with Gasteiger partial charge in [-0.2, -0.15) is 0 Å². The Morgan fingerprint density at radius 2 is 1.77 bits per heavy atom. The number of rotatable bonds is 8. The summed E-state index contributed by atoms with van der Waals surface area (Å²) in [7, 11) is 0. The van der Waals surface area contributed by atoms with Crippen molar-refractivity contribution < 1.29 is 19.2 Å². The van der Waals surface area contributed by atoms with Crippen LogP contribution in [-0.4, -0.2) is 49.6 Å². The van der Waals surface area contributed by atoms with E-state index >= 15 is 0 Å². The summed E-state index contributed by atoms with van der Waals surface area (Å²) < 4.78 is 5.54. The molecule has 0 aliphatic carbocycles. The van der Waals surface area contributed by atoms with Crippen LogP contribution in [0.5, 0.6) is 0 Å². The number of pyridine rings is 1. The number of amides is 1. The molecule has 1 aliphatic heterocycles. The van der Waals surface area contributed by atoms with Crippen LogP contribution in [0.4, 0.5) is 10.5 Å². The predicted octanol–water partition coefficient (Wildman–Crippen LogP) is 5.44. The zero-order chi connectivity index (χ0) is 24.6. The number of aromatic nitrogens is 1. The molecule has 0 radical (unpaired) electrons. The van der Waals surface area contributed by atoms with E-state index < -0.39 is 11.0 Å². The largest absolute Gasteiger partial charge is 0.445 e. The van der Waals surface area contributed by atoms with Crippen LogP contribution in [-0.2, 0) is 11.3 Å². The lowest BCUT2D eigenvalue weighted by atomic mass is 10.2. The maximum absolute atomic E-state index is 13.0. The van der Waals surface area contributed by atoms with E-state index in [1.54, 1.807) is 53.3 Å². The summed E-state index contributed by atoms with van der Waals surface area (Å²) in [6, 6.07) is 18.8. The Morgan fingerprint density at radius 3 is 2.46 bits per heavy atom. The van der Waals surface area contributed by atoms with Gasteiger partial charge in [-0.05, 0) is 36.2 Å². The zero-order valence-corrected chi connectivity index (χ0v) is 20.3. The van der Waals surface area contributed by atoms with Crippen LogP contribution < -0.4 is 0 Å². The van der Waals surface area contributed by atoms with Gasteiger partial charge in [0.2, 0.25) is 5.12 Å². The average Bonchev–Trinajstić information content (AvgIpc) is 3.30. The van der Waals surface area contributed by atoms with Crippen molar-refractivity contribution in [3.63, 3.8) is 0 Å². The molecule has 4 rings (SSSR count). The number of ether oxygens (including phenoxy) is 1. The quantitative estimate of drug-likeness (QED) is 0.225. The highest BCUT2D eigenvalue weighted by molar-refractivity contribution is 8.14. The molecule has 0 unspecified atom stereocenters. The lowest BCUT2D eigenvalue weighted by Crippen LogP contribution is -2.37. The molecular formula is C25H23N3O5S2. The van der Waals surface area contributed by atoms with Gasteiger partial charge in [-0.15, -0.1) is 11.8 Å². The molecule has 2 heterocycles. The van der Waals surface area contributed by atoms with Gasteiger partial charge >= 0.3 is 6.09 Å². The molecule has 8 nitrogen and oxygen atoms in total. The standard InChI is InChI=1S/C25H23N3O5S2/c29-24(19-4-2-1-3-5-19)35-23-14-21(17-34-22-10-12-26-13-11-22)27(15-23)25(30)33-16-18-6-8-20(9-7-18)28(31)32/h1-13,21,23H,14-17H2/t21-,23-/m0/s1. The zero-order valence-electron chi connectivity index (χ0n) is 18.7. The molecule has 0 N–H and O–H groups in total. The lowest BCUT2D eigenvalue weighted by molar-refractivity contribution is -0.384. The van der Waals surface area contributed by atoms with Gasteiger partial charge in [0.25, 0.3) is 5.69 Å². The maximum atomic E-state index is 13.0. The van der Waals surface area contributed by atoms with Crippen molar-refractivity contribution >= 4 is 40.4 Å². The molecule has 180 valence electrons. The van der Waals surface area contributed by atoms with E-state index in [2.05, 4.69) is 4.98 Å². The topological polar surface area (TPSA) is 103 Å². The average molecular weight is 510 g/mol. The monoisotopic (exact) mass is 509 g/mol. The molecular weight excluding hydrogens is 486 g/mol. The molecule has 0 bridgehead atoms. The van der Waals surface area contributed by atoms with Gasteiger partial charge < -0.3 is 9.64 Å². The number of non-ortho nitro benzene ring substituents is 1. The number of thioether (sulfide) groups is 2. The van der Waals surface area contributed by atoms with E-state index in [1.165, 1.54) is 23.9 Å². The molecule has 1 aliphatic rings. The van der Waals surface area contributed by atoms with Crippen LogP contribution in [0.3, 0.4) is 0 Å². The number of nitro groups is 1. The summed E-state index contributed by atoms with van der Waals surface area (Å²) in [5.41, 5.74) is 1.28. The van der Waals surface area contributed by atoms with Crippen LogP contribution in [0.15, 0.2) is 84.0 Å². The summed E-state index contributed by atoms with van der Waals surface area (Å²) in [5, 5.41) is 10.8. The fourth-order valence-corrected chi connectivity index (χ4v) is 5.85. The van der Waals surface area contributed by atoms with Gasteiger partial charge in [0, 0.05) is 58.6 Å². The number of nitro benzene ring substituents is 1. The Bertz CT molecular complexity index is 1160. The summed E-state index contributed by atoms with van der Waals surface area (Å²) in [6.45, 7) is 0.419. The fraction of sp³-hybridized carbons (Fsp3) is 0.240. The third-order valence-electron chi connectivity index (χ3n) is 5.50. The predicted molar refractivity (Wildman–Crippen MR) is 136 cm³/mol. The first-order valence-corrected chi connectivity index (χ1v) is 12.8. The highest BCUT2D eigenvalue weighted by Crippen LogP contribution is 2.33. The number of likely N-dealkylation sites (tertiary alicyclic amines) is 1. The van der Waals surface area contributed by atoms with Crippen molar-refractivity contribution in [3.8, 4) is 0 Å². The van der Waals surface area contributed by atoms with E-state index in [-0.39, 0.29) is 28.7 Å². The summed E-state index contributed by atoms with van der Waals surface area (Å²) in [6.07, 6.45) is 3.67. The first-order chi connectivity index (χ1) is 17.0. The van der Waals surface area contributed by atoms with Gasteiger partial charge in [-0.25, -0.2) is 4.79 Å². The van der Waals surface area contributed by atoms with Gasteiger partial charge in [0.1, 0.15) is 6.61 Å². The summed E-state index contributed by atoms with van der Waals surface area (Å²) in [4.78, 5) is 42.9. The maximum Gasteiger partial charge on any atom is 0.410 e. The van der Waals surface area contributed by atoms with Crippen molar-refractivity contribution in [3.05, 3.63) is 100 Å². The number of hydrogen-bond donors (Lipinski definition) is 0. The molecule has 3 aromatic rings. The fourth-order valence-electron chi connectivity index (χ4n) is 3.70. The Labute approximate surface area is 211 Å². The van der Waals surface area contributed by atoms with E-state index in [1.807, 2.05) is 30.3 Å². The normalized spacial score (nSPS) is 17.2. The van der Waals surface area contributed by atoms with E-state index in [0.717, 1.165) is 4.90 Å². The lowest BCUT2D eigenvalue weighted by Gasteiger charge is -2.23. The SMILES string of the molecule is O=C(S[C@H]1C[C@@H](CSc2ccncc2)N(C(=O)OCc2ccc([N+](=O)[O-])cc2)C1)c1ccccc1. The van der Waals surface area contributed by atoms with Gasteiger partial charge in [0.05, 0.1) is 4.92 Å². The highest BCUT2D eigenvalue weighted by Gasteiger charge is 2.37. The molecule has 0 saturated carbocycles. The second-order valence-electron chi connectivity index (χ2n) is 7.91. The van der Waals surface area contributed by atoms with Crippen molar-refractivity contribution in [1.29, 1.82) is 0 Å². The summed E-state index contributed by atoms with van der Waals surface area (Å²) >= 11 is 2.88. The summed E-state index contributed by atoms with van der Waals surface area (Å²) in [5.74, 6) is 0.660. The molecule has 1 saturated heterocycles. The minimum absolute atomic E-state index is 0.0122. The van der Waals surface area contributed by atoms with Crippen LogP contribution in [0, 0.1) is 10.1 Å². The van der Waals surface area contributed by atoms with Crippen molar-refractivity contribution in [1.82, 2.24) is 9.88 Å². The molecule has 1 fully saturated rings. The first-order valence-electron chi connectivity index (χ1n) is 10.9. The van der Waals surface area contributed by atoms with Gasteiger partial charge in [0.15, 0.2) is 0 Å². The smallest absolute Gasteiger partial charge is 0.410 e. The third-order valence-corrected chi connectivity index (χ3v) is 7.78. The molecule has 2 atom stereocenters. The van der Waals surface area contributed by atoms with Crippen LogP contribution in [0.25, 0.3) is 0 Å². The molecule has 2 aromatic carbocycles. The Morgan fingerprint density at radius 1 is 1.06 bits per heavy atom. The molecule has 1 amide bonds. The van der Waals surface area contributed by atoms with E-state index in [4.69, 9.17) is 4.74 Å². The Hall–Kier alpha value is -3.37. The highest BCUT2D eigenvalue weighted by atomic mass is 32.2. The number of benzene rings is 2. The van der Waals surface area contributed by atoms with Crippen LogP contribution in [0.1, 0.15) is 22.3 Å². The van der Waals surface area contributed by atoms with Crippen molar-refractivity contribution in [2.24, 2.45) is 0 Å². The molecule has 1 aromatic heterocycles. The van der Waals surface area contributed by atoms with Crippen LogP contribution >= 0.6 is 23.5 Å².